The van der Waals surface area contributed by atoms with E-state index >= 15 is 0 Å². The number of nitrogens with two attached hydrogens (primary N) is 2. The summed E-state index contributed by atoms with van der Waals surface area (Å²) in [6.45, 7) is 9.85. The number of aliphatic carboxylic acids is 1. The highest BCUT2D eigenvalue weighted by atomic mass is 16.4. The molecule has 3 atom stereocenters. The number of carbonyl (C=O) groups excluding carboxylic acids is 3. The van der Waals surface area contributed by atoms with Gasteiger partial charge in [0.1, 0.15) is 11.8 Å². The molecule has 1 aliphatic heterocycles. The zero-order chi connectivity index (χ0) is 32.6. The van der Waals surface area contributed by atoms with Gasteiger partial charge in [0.15, 0.2) is 0 Å². The van der Waals surface area contributed by atoms with Crippen LogP contribution in [0.2, 0.25) is 0 Å². The Morgan fingerprint density at radius 1 is 0.864 bits per heavy atom. The third-order valence-electron chi connectivity index (χ3n) is 7.53. The van der Waals surface area contributed by atoms with Gasteiger partial charge >= 0.3 is 5.97 Å². The van der Waals surface area contributed by atoms with Gasteiger partial charge in [0.2, 0.25) is 11.8 Å². The van der Waals surface area contributed by atoms with Crippen molar-refractivity contribution in [2.75, 3.05) is 36.4 Å². The summed E-state index contributed by atoms with van der Waals surface area (Å²) in [5.41, 5.74) is 14.1. The topological polar surface area (TPSA) is 191 Å². The summed E-state index contributed by atoms with van der Waals surface area (Å²) in [6.07, 6.45) is 1.08. The summed E-state index contributed by atoms with van der Waals surface area (Å²) in [5, 5.41) is 24.7. The minimum Gasteiger partial charge on any atom is -0.508 e. The predicted molar refractivity (Wildman–Crippen MR) is 169 cm³/mol. The van der Waals surface area contributed by atoms with Crippen LogP contribution in [0.3, 0.4) is 0 Å². The molecule has 0 radical (unpaired) electrons. The number of anilines is 2. The van der Waals surface area contributed by atoms with Crippen LogP contribution in [0.15, 0.2) is 42.5 Å². The van der Waals surface area contributed by atoms with Gasteiger partial charge in [0, 0.05) is 38.2 Å². The number of rotatable bonds is 13. The largest absolute Gasteiger partial charge is 0.508 e. The minimum atomic E-state index is -1.23. The average Bonchev–Trinajstić information content (AvgIpc) is 2.96. The zero-order valence-corrected chi connectivity index (χ0v) is 26.0. The molecule has 2 aromatic rings. The quantitative estimate of drug-likeness (QED) is 0.197. The van der Waals surface area contributed by atoms with E-state index in [-0.39, 0.29) is 29.6 Å². The first-order valence-electron chi connectivity index (χ1n) is 15.1. The van der Waals surface area contributed by atoms with Crippen molar-refractivity contribution < 1.29 is 29.4 Å². The van der Waals surface area contributed by atoms with Crippen LogP contribution in [0.4, 0.5) is 11.4 Å². The summed E-state index contributed by atoms with van der Waals surface area (Å²) in [6, 6.07) is 8.32. The molecule has 2 aromatic carbocycles. The van der Waals surface area contributed by atoms with Crippen molar-refractivity contribution in [2.24, 2.45) is 23.3 Å². The molecule has 240 valence electrons. The molecule has 0 unspecified atom stereocenters. The molecule has 3 amide bonds. The maximum absolute atomic E-state index is 13.2. The lowest BCUT2D eigenvalue weighted by Crippen LogP contribution is -2.53. The summed E-state index contributed by atoms with van der Waals surface area (Å²) < 4.78 is 0. The van der Waals surface area contributed by atoms with E-state index in [1.165, 1.54) is 18.2 Å². The van der Waals surface area contributed by atoms with Crippen LogP contribution < -0.4 is 27.0 Å². The molecular weight excluding hydrogens is 564 g/mol. The van der Waals surface area contributed by atoms with E-state index in [9.17, 15) is 29.4 Å². The maximum atomic E-state index is 13.2. The van der Waals surface area contributed by atoms with Gasteiger partial charge in [0.05, 0.1) is 23.5 Å². The molecule has 0 aromatic heterocycles. The summed E-state index contributed by atoms with van der Waals surface area (Å²) in [5.74, 6) is -1.77. The van der Waals surface area contributed by atoms with Crippen molar-refractivity contribution in [3.05, 3.63) is 53.6 Å². The van der Waals surface area contributed by atoms with Crippen molar-refractivity contribution >= 4 is 35.1 Å². The van der Waals surface area contributed by atoms with Gasteiger partial charge in [-0.3, -0.25) is 14.4 Å². The molecule has 1 aliphatic rings. The number of phenolic OH excluding ortho intramolecular Hbond substituents is 1. The second kappa shape index (κ2) is 15.5. The second-order valence-corrected chi connectivity index (χ2v) is 12.2. The number of piperazine rings is 1. The van der Waals surface area contributed by atoms with E-state index < -0.39 is 35.9 Å². The van der Waals surface area contributed by atoms with Gasteiger partial charge < -0.3 is 42.1 Å². The highest BCUT2D eigenvalue weighted by Gasteiger charge is 2.28. The van der Waals surface area contributed by atoms with Crippen LogP contribution in [0.1, 0.15) is 56.5 Å². The third kappa shape index (κ3) is 9.68. The number of phenols is 1. The number of hydrogen-bond donors (Lipinski definition) is 6. The van der Waals surface area contributed by atoms with E-state index in [2.05, 4.69) is 10.6 Å². The van der Waals surface area contributed by atoms with Crippen LogP contribution in [0.25, 0.3) is 0 Å². The van der Waals surface area contributed by atoms with Gasteiger partial charge in [0.25, 0.3) is 5.91 Å². The standard InChI is InChI=1S/C32H46N6O6/c1-19(2)15-24(33)30(41)35-26-18-22(29(40)36-27(32(43)44)17-21-5-8-23(39)9-6-21)7-10-28(26)37-11-13-38(14-12-37)31(42)25(34)16-20(3)4/h5-10,18-20,24-25,27,39H,11-17,33-34H2,1-4H3,(H,35,41)(H,36,40)(H,43,44)/t24-,25-,27-/m0/s1. The van der Waals surface area contributed by atoms with Gasteiger partial charge in [-0.2, -0.15) is 0 Å². The lowest BCUT2D eigenvalue weighted by molar-refractivity contribution is -0.139. The molecule has 0 bridgehead atoms. The SMILES string of the molecule is CC(C)C[C@H](N)C(=O)Nc1cc(C(=O)N[C@@H](Cc2ccc(O)cc2)C(=O)O)ccc1N1CCN(C(=O)[C@@H](N)CC(C)C)CC1. The van der Waals surface area contributed by atoms with E-state index in [1.807, 2.05) is 32.6 Å². The van der Waals surface area contributed by atoms with Crippen molar-refractivity contribution in [3.63, 3.8) is 0 Å². The number of hydrogen-bond acceptors (Lipinski definition) is 8. The summed E-state index contributed by atoms with van der Waals surface area (Å²) in [7, 11) is 0. The van der Waals surface area contributed by atoms with Crippen molar-refractivity contribution in [2.45, 2.75) is 65.1 Å². The van der Waals surface area contributed by atoms with Crippen LogP contribution in [-0.2, 0) is 20.8 Å². The Labute approximate surface area is 258 Å². The number of nitrogens with zero attached hydrogens (tertiary/aromatic N) is 2. The van der Waals surface area contributed by atoms with E-state index in [0.29, 0.717) is 61.9 Å². The average molecular weight is 611 g/mol. The van der Waals surface area contributed by atoms with Crippen LogP contribution in [0.5, 0.6) is 5.75 Å². The number of carboxylic acid groups (broad SMARTS) is 1. The highest BCUT2D eigenvalue weighted by molar-refractivity contribution is 6.02. The molecule has 1 saturated heterocycles. The molecule has 8 N–H and O–H groups in total. The molecule has 1 heterocycles. The van der Waals surface area contributed by atoms with Gasteiger partial charge in [-0.1, -0.05) is 39.8 Å². The molecular formula is C32H46N6O6. The number of carboxylic acids is 1. The Balaban J connectivity index is 1.81. The van der Waals surface area contributed by atoms with E-state index in [4.69, 9.17) is 11.5 Å². The first-order chi connectivity index (χ1) is 20.7. The fourth-order valence-electron chi connectivity index (χ4n) is 5.21. The summed E-state index contributed by atoms with van der Waals surface area (Å²) in [4.78, 5) is 54.9. The minimum absolute atomic E-state index is 0.0108. The fourth-order valence-corrected chi connectivity index (χ4v) is 5.21. The number of aromatic hydroxyl groups is 1. The lowest BCUT2D eigenvalue weighted by atomic mass is 10.0. The Hall–Kier alpha value is -4.16. The van der Waals surface area contributed by atoms with E-state index in [1.54, 1.807) is 29.2 Å². The van der Waals surface area contributed by atoms with Crippen LogP contribution in [0, 0.1) is 11.8 Å². The molecule has 1 fully saturated rings. The first-order valence-corrected chi connectivity index (χ1v) is 15.1. The lowest BCUT2D eigenvalue weighted by Gasteiger charge is -2.38. The molecule has 0 spiro atoms. The third-order valence-corrected chi connectivity index (χ3v) is 7.53. The van der Waals surface area contributed by atoms with Crippen LogP contribution >= 0.6 is 0 Å². The maximum Gasteiger partial charge on any atom is 0.326 e. The molecule has 12 heteroatoms. The number of carbonyl (C=O) groups is 4. The Morgan fingerprint density at radius 3 is 2.02 bits per heavy atom. The monoisotopic (exact) mass is 610 g/mol. The van der Waals surface area contributed by atoms with Gasteiger partial charge in [-0.05, 0) is 60.6 Å². The summed E-state index contributed by atoms with van der Waals surface area (Å²) >= 11 is 0. The number of nitrogens with one attached hydrogen (secondary N) is 2. The zero-order valence-electron chi connectivity index (χ0n) is 26.0. The van der Waals surface area contributed by atoms with Crippen molar-refractivity contribution in [1.29, 1.82) is 0 Å². The highest BCUT2D eigenvalue weighted by Crippen LogP contribution is 2.29. The number of benzene rings is 2. The fraction of sp³-hybridized carbons (Fsp3) is 0.500. The second-order valence-electron chi connectivity index (χ2n) is 12.2. The Morgan fingerprint density at radius 2 is 1.45 bits per heavy atom. The Bertz CT molecular complexity index is 1310. The first kappa shape index (κ1) is 34.3. The normalized spacial score (nSPS) is 15.5. The number of amides is 3. The molecule has 3 rings (SSSR count). The molecule has 44 heavy (non-hydrogen) atoms. The predicted octanol–water partition coefficient (Wildman–Crippen LogP) is 2.15. The molecule has 0 saturated carbocycles. The Kier molecular flexibility index (Phi) is 12.1. The smallest absolute Gasteiger partial charge is 0.326 e. The van der Waals surface area contributed by atoms with Gasteiger partial charge in [-0.15, -0.1) is 0 Å². The van der Waals surface area contributed by atoms with Gasteiger partial charge in [-0.25, -0.2) is 4.79 Å². The molecule has 12 nitrogen and oxygen atoms in total. The van der Waals surface area contributed by atoms with Crippen molar-refractivity contribution in [3.8, 4) is 5.75 Å². The molecule has 0 aliphatic carbocycles. The van der Waals surface area contributed by atoms with Crippen molar-refractivity contribution in [1.82, 2.24) is 10.2 Å². The van der Waals surface area contributed by atoms with Crippen LogP contribution in [-0.4, -0.2) is 83.1 Å². The van der Waals surface area contributed by atoms with E-state index in [0.717, 1.165) is 0 Å².